The molecule has 7 nitrogen and oxygen atoms in total. The van der Waals surface area contributed by atoms with Gasteiger partial charge in [-0.2, -0.15) is 5.10 Å². The van der Waals surface area contributed by atoms with E-state index >= 15 is 0 Å². The molecule has 0 aliphatic heterocycles. The summed E-state index contributed by atoms with van der Waals surface area (Å²) in [7, 11) is -3.58. The normalized spacial score (nSPS) is 11.3. The second-order valence-corrected chi connectivity index (χ2v) is 4.65. The molecule has 0 fully saturated rings. The zero-order valence-electron chi connectivity index (χ0n) is 8.76. The Labute approximate surface area is 93.2 Å². The van der Waals surface area contributed by atoms with Crippen molar-refractivity contribution in [1.82, 2.24) is 14.9 Å². The number of ether oxygens (including phenoxy) is 1. The molecule has 1 aromatic rings. The van der Waals surface area contributed by atoms with Gasteiger partial charge in [-0.1, -0.05) is 0 Å². The van der Waals surface area contributed by atoms with Gasteiger partial charge in [0.05, 0.1) is 19.2 Å². The van der Waals surface area contributed by atoms with Crippen LogP contribution in [0.1, 0.15) is 13.3 Å². The van der Waals surface area contributed by atoms with Gasteiger partial charge in [-0.05, 0) is 6.92 Å². The van der Waals surface area contributed by atoms with Crippen molar-refractivity contribution in [3.8, 4) is 0 Å². The summed E-state index contributed by atoms with van der Waals surface area (Å²) >= 11 is 0. The third-order valence-electron chi connectivity index (χ3n) is 1.71. The van der Waals surface area contributed by atoms with Crippen molar-refractivity contribution in [1.29, 1.82) is 0 Å². The molecule has 0 aromatic carbocycles. The van der Waals surface area contributed by atoms with E-state index in [-0.39, 0.29) is 24.5 Å². The lowest BCUT2D eigenvalue weighted by Gasteiger charge is -2.04. The molecule has 0 saturated heterocycles. The molecule has 8 heteroatoms. The summed E-state index contributed by atoms with van der Waals surface area (Å²) in [4.78, 5) is 11.0. The first-order chi connectivity index (χ1) is 7.56. The maximum atomic E-state index is 11.5. The van der Waals surface area contributed by atoms with Gasteiger partial charge in [0.25, 0.3) is 0 Å². The number of hydrogen-bond acceptors (Lipinski definition) is 5. The van der Waals surface area contributed by atoms with Crippen molar-refractivity contribution in [2.45, 2.75) is 18.2 Å². The molecule has 0 unspecified atom stereocenters. The first-order valence-corrected chi connectivity index (χ1v) is 6.18. The SMILES string of the molecule is CCOC(=O)CCNS(=O)(=O)c1cn[nH]c1. The molecule has 0 spiro atoms. The first kappa shape index (κ1) is 12.7. The van der Waals surface area contributed by atoms with E-state index in [9.17, 15) is 13.2 Å². The Morgan fingerprint density at radius 2 is 2.38 bits per heavy atom. The van der Waals surface area contributed by atoms with Gasteiger partial charge in [0.2, 0.25) is 10.0 Å². The molecule has 0 aliphatic carbocycles. The number of rotatable bonds is 6. The van der Waals surface area contributed by atoms with Crippen molar-refractivity contribution in [3.63, 3.8) is 0 Å². The summed E-state index contributed by atoms with van der Waals surface area (Å²) in [6, 6.07) is 0. The van der Waals surface area contributed by atoms with Crippen LogP contribution in [0.15, 0.2) is 17.3 Å². The maximum absolute atomic E-state index is 11.5. The fraction of sp³-hybridized carbons (Fsp3) is 0.500. The summed E-state index contributed by atoms with van der Waals surface area (Å²) < 4.78 is 29.9. The molecule has 16 heavy (non-hydrogen) atoms. The second kappa shape index (κ2) is 5.61. The summed E-state index contributed by atoms with van der Waals surface area (Å²) in [6.07, 6.45) is 2.45. The Balaban J connectivity index is 2.41. The van der Waals surface area contributed by atoms with Gasteiger partial charge in [-0.3, -0.25) is 9.89 Å². The Morgan fingerprint density at radius 3 is 2.94 bits per heavy atom. The minimum absolute atomic E-state index is 0.00488. The van der Waals surface area contributed by atoms with E-state index in [0.717, 1.165) is 0 Å². The Kier molecular flexibility index (Phi) is 4.44. The molecule has 90 valence electrons. The highest BCUT2D eigenvalue weighted by Crippen LogP contribution is 2.03. The second-order valence-electron chi connectivity index (χ2n) is 2.89. The minimum Gasteiger partial charge on any atom is -0.466 e. The van der Waals surface area contributed by atoms with Gasteiger partial charge >= 0.3 is 5.97 Å². The predicted octanol–water partition coefficient (Wildman–Crippen LogP) is -0.359. The summed E-state index contributed by atoms with van der Waals surface area (Å²) in [5.41, 5.74) is 0. The van der Waals surface area contributed by atoms with Crippen LogP contribution in [0.4, 0.5) is 0 Å². The predicted molar refractivity (Wildman–Crippen MR) is 55.0 cm³/mol. The van der Waals surface area contributed by atoms with Gasteiger partial charge < -0.3 is 4.74 Å². The van der Waals surface area contributed by atoms with E-state index in [1.54, 1.807) is 6.92 Å². The van der Waals surface area contributed by atoms with E-state index in [0.29, 0.717) is 0 Å². The Morgan fingerprint density at radius 1 is 1.62 bits per heavy atom. The van der Waals surface area contributed by atoms with Crippen LogP contribution in [0.25, 0.3) is 0 Å². The highest BCUT2D eigenvalue weighted by atomic mass is 32.2. The van der Waals surface area contributed by atoms with Crippen LogP contribution < -0.4 is 4.72 Å². The number of carbonyl (C=O) groups is 1. The van der Waals surface area contributed by atoms with E-state index < -0.39 is 16.0 Å². The molecule has 0 aliphatic rings. The van der Waals surface area contributed by atoms with Crippen molar-refractivity contribution in [2.24, 2.45) is 0 Å². The largest absolute Gasteiger partial charge is 0.466 e. The number of esters is 1. The monoisotopic (exact) mass is 247 g/mol. The molecule has 2 N–H and O–H groups in total. The summed E-state index contributed by atoms with van der Waals surface area (Å²) in [5.74, 6) is -0.433. The van der Waals surface area contributed by atoms with E-state index in [2.05, 4.69) is 19.7 Å². The number of carbonyl (C=O) groups excluding carboxylic acids is 1. The number of hydrogen-bond donors (Lipinski definition) is 2. The molecule has 1 rings (SSSR count). The zero-order chi connectivity index (χ0) is 12.0. The average molecular weight is 247 g/mol. The number of aromatic nitrogens is 2. The van der Waals surface area contributed by atoms with Crippen LogP contribution in [-0.2, 0) is 19.6 Å². The molecule has 0 radical (unpaired) electrons. The number of aromatic amines is 1. The standard InChI is InChI=1S/C8H13N3O4S/c1-2-15-8(12)3-4-11-16(13,14)7-5-9-10-6-7/h5-6,11H,2-4H2,1H3,(H,9,10). The van der Waals surface area contributed by atoms with Crippen LogP contribution >= 0.6 is 0 Å². The van der Waals surface area contributed by atoms with Crippen LogP contribution in [0.5, 0.6) is 0 Å². The Hall–Kier alpha value is -1.41. The third kappa shape index (κ3) is 3.63. The molecule has 0 atom stereocenters. The summed E-state index contributed by atoms with van der Waals surface area (Å²) in [6.45, 7) is 1.98. The molecular formula is C8H13N3O4S. The average Bonchev–Trinajstić information content (AvgIpc) is 2.71. The number of sulfonamides is 1. The molecular weight excluding hydrogens is 234 g/mol. The smallest absolute Gasteiger partial charge is 0.307 e. The maximum Gasteiger partial charge on any atom is 0.307 e. The fourth-order valence-electron chi connectivity index (χ4n) is 0.990. The van der Waals surface area contributed by atoms with Crippen molar-refractivity contribution in [3.05, 3.63) is 12.4 Å². The van der Waals surface area contributed by atoms with Gasteiger partial charge in [-0.15, -0.1) is 0 Å². The highest BCUT2D eigenvalue weighted by molar-refractivity contribution is 7.89. The van der Waals surface area contributed by atoms with Gasteiger partial charge in [0.1, 0.15) is 4.90 Å². The first-order valence-electron chi connectivity index (χ1n) is 4.70. The lowest BCUT2D eigenvalue weighted by molar-refractivity contribution is -0.142. The van der Waals surface area contributed by atoms with Crippen LogP contribution in [0.2, 0.25) is 0 Å². The molecule has 0 saturated carbocycles. The van der Waals surface area contributed by atoms with E-state index in [1.807, 2.05) is 0 Å². The van der Waals surface area contributed by atoms with Gasteiger partial charge in [-0.25, -0.2) is 13.1 Å². The molecule has 1 heterocycles. The van der Waals surface area contributed by atoms with E-state index in [4.69, 9.17) is 0 Å². The van der Waals surface area contributed by atoms with Gasteiger partial charge in [0, 0.05) is 12.7 Å². The van der Waals surface area contributed by atoms with Crippen molar-refractivity contribution < 1.29 is 17.9 Å². The minimum atomic E-state index is -3.58. The quantitative estimate of drug-likeness (QED) is 0.668. The molecule has 1 aromatic heterocycles. The Bertz CT molecular complexity index is 426. The van der Waals surface area contributed by atoms with Crippen LogP contribution in [0, 0.1) is 0 Å². The van der Waals surface area contributed by atoms with Crippen molar-refractivity contribution >= 4 is 16.0 Å². The lowest BCUT2D eigenvalue weighted by Crippen LogP contribution is -2.26. The zero-order valence-corrected chi connectivity index (χ0v) is 9.58. The fourth-order valence-corrected chi connectivity index (χ4v) is 1.93. The highest BCUT2D eigenvalue weighted by Gasteiger charge is 2.15. The van der Waals surface area contributed by atoms with Crippen molar-refractivity contribution in [2.75, 3.05) is 13.2 Å². The third-order valence-corrected chi connectivity index (χ3v) is 3.14. The molecule has 0 amide bonds. The van der Waals surface area contributed by atoms with E-state index in [1.165, 1.54) is 12.4 Å². The number of H-pyrrole nitrogens is 1. The van der Waals surface area contributed by atoms with Gasteiger partial charge in [0.15, 0.2) is 0 Å². The van der Waals surface area contributed by atoms with Crippen LogP contribution in [-0.4, -0.2) is 37.7 Å². The summed E-state index contributed by atoms with van der Waals surface area (Å²) in [5, 5.41) is 5.92. The van der Waals surface area contributed by atoms with Crippen LogP contribution in [0.3, 0.4) is 0 Å². The molecule has 0 bridgehead atoms. The number of nitrogens with zero attached hydrogens (tertiary/aromatic N) is 1. The number of nitrogens with one attached hydrogen (secondary N) is 2. The lowest BCUT2D eigenvalue weighted by atomic mass is 10.4. The topological polar surface area (TPSA) is 101 Å².